The SMILES string of the molecule is Nc1cccc2ccc(OCc3ccccc3)cc12. The van der Waals surface area contributed by atoms with Crippen molar-refractivity contribution in [2.24, 2.45) is 0 Å². The Hall–Kier alpha value is -2.48. The highest BCUT2D eigenvalue weighted by Crippen LogP contribution is 2.25. The van der Waals surface area contributed by atoms with Crippen LogP contribution in [-0.4, -0.2) is 0 Å². The van der Waals surface area contributed by atoms with Gasteiger partial charge in [0.1, 0.15) is 12.4 Å². The Bertz CT molecular complexity index is 692. The zero-order valence-electron chi connectivity index (χ0n) is 10.5. The van der Waals surface area contributed by atoms with E-state index in [1.165, 1.54) is 0 Å². The number of rotatable bonds is 3. The molecule has 3 aromatic rings. The molecule has 0 unspecified atom stereocenters. The fourth-order valence-electron chi connectivity index (χ4n) is 2.11. The Morgan fingerprint density at radius 2 is 1.68 bits per heavy atom. The van der Waals surface area contributed by atoms with Gasteiger partial charge in [-0.2, -0.15) is 0 Å². The summed E-state index contributed by atoms with van der Waals surface area (Å²) in [6.07, 6.45) is 0. The van der Waals surface area contributed by atoms with E-state index in [9.17, 15) is 0 Å². The van der Waals surface area contributed by atoms with Gasteiger partial charge >= 0.3 is 0 Å². The number of benzene rings is 3. The van der Waals surface area contributed by atoms with Crippen LogP contribution in [-0.2, 0) is 6.61 Å². The van der Waals surface area contributed by atoms with E-state index in [1.807, 2.05) is 54.6 Å². The summed E-state index contributed by atoms with van der Waals surface area (Å²) in [5.41, 5.74) is 7.91. The fraction of sp³-hybridized carbons (Fsp3) is 0.0588. The third-order valence-corrected chi connectivity index (χ3v) is 3.14. The normalized spacial score (nSPS) is 10.5. The minimum Gasteiger partial charge on any atom is -0.489 e. The van der Waals surface area contributed by atoms with Crippen molar-refractivity contribution in [3.8, 4) is 5.75 Å². The number of hydrogen-bond acceptors (Lipinski definition) is 2. The van der Waals surface area contributed by atoms with Crippen LogP contribution >= 0.6 is 0 Å². The molecular weight excluding hydrogens is 234 g/mol. The number of fused-ring (bicyclic) bond motifs is 1. The lowest BCUT2D eigenvalue weighted by molar-refractivity contribution is 0.306. The van der Waals surface area contributed by atoms with Crippen molar-refractivity contribution in [1.29, 1.82) is 0 Å². The van der Waals surface area contributed by atoms with Gasteiger partial charge in [0.25, 0.3) is 0 Å². The molecule has 0 aliphatic rings. The Balaban J connectivity index is 1.84. The highest BCUT2D eigenvalue weighted by atomic mass is 16.5. The van der Waals surface area contributed by atoms with Gasteiger partial charge in [-0.05, 0) is 29.1 Å². The summed E-state index contributed by atoms with van der Waals surface area (Å²) in [4.78, 5) is 0. The molecule has 19 heavy (non-hydrogen) atoms. The molecule has 2 nitrogen and oxygen atoms in total. The largest absolute Gasteiger partial charge is 0.489 e. The van der Waals surface area contributed by atoms with Gasteiger partial charge in [0.15, 0.2) is 0 Å². The van der Waals surface area contributed by atoms with Crippen molar-refractivity contribution in [1.82, 2.24) is 0 Å². The lowest BCUT2D eigenvalue weighted by Crippen LogP contribution is -1.95. The Morgan fingerprint density at radius 1 is 0.842 bits per heavy atom. The molecule has 0 saturated carbocycles. The molecule has 0 fully saturated rings. The van der Waals surface area contributed by atoms with Crippen molar-refractivity contribution >= 4 is 16.5 Å². The maximum Gasteiger partial charge on any atom is 0.120 e. The van der Waals surface area contributed by atoms with Crippen molar-refractivity contribution in [3.05, 3.63) is 72.3 Å². The van der Waals surface area contributed by atoms with Crippen LogP contribution in [0.2, 0.25) is 0 Å². The number of hydrogen-bond donors (Lipinski definition) is 1. The summed E-state index contributed by atoms with van der Waals surface area (Å²) in [7, 11) is 0. The molecule has 0 aliphatic heterocycles. The van der Waals surface area contributed by atoms with Gasteiger partial charge in [-0.15, -0.1) is 0 Å². The quantitative estimate of drug-likeness (QED) is 0.712. The van der Waals surface area contributed by atoms with E-state index in [2.05, 4.69) is 12.1 Å². The van der Waals surface area contributed by atoms with Crippen molar-refractivity contribution in [2.75, 3.05) is 5.73 Å². The first-order valence-electron chi connectivity index (χ1n) is 6.28. The van der Waals surface area contributed by atoms with Crippen molar-refractivity contribution < 1.29 is 4.74 Å². The van der Waals surface area contributed by atoms with Gasteiger partial charge in [0.2, 0.25) is 0 Å². The summed E-state index contributed by atoms with van der Waals surface area (Å²) in [6, 6.07) is 22.0. The molecule has 94 valence electrons. The molecule has 0 spiro atoms. The van der Waals surface area contributed by atoms with Crippen LogP contribution in [0, 0.1) is 0 Å². The third-order valence-electron chi connectivity index (χ3n) is 3.14. The van der Waals surface area contributed by atoms with Crippen LogP contribution in [0.3, 0.4) is 0 Å². The summed E-state index contributed by atoms with van der Waals surface area (Å²) >= 11 is 0. The second-order valence-corrected chi connectivity index (χ2v) is 4.50. The van der Waals surface area contributed by atoms with Gasteiger partial charge in [-0.25, -0.2) is 0 Å². The molecule has 0 radical (unpaired) electrons. The maximum atomic E-state index is 5.98. The van der Waals surface area contributed by atoms with Crippen LogP contribution in [0.5, 0.6) is 5.75 Å². The number of nitrogens with two attached hydrogens (primary N) is 1. The van der Waals surface area contributed by atoms with E-state index in [0.29, 0.717) is 6.61 Å². The Kier molecular flexibility index (Phi) is 3.07. The van der Waals surface area contributed by atoms with Crippen molar-refractivity contribution in [3.63, 3.8) is 0 Å². The number of anilines is 1. The van der Waals surface area contributed by atoms with Crippen LogP contribution in [0.1, 0.15) is 5.56 Å². The van der Waals surface area contributed by atoms with E-state index in [-0.39, 0.29) is 0 Å². The van der Waals surface area contributed by atoms with Crippen LogP contribution < -0.4 is 10.5 Å². The summed E-state index contributed by atoms with van der Waals surface area (Å²) in [6.45, 7) is 0.569. The lowest BCUT2D eigenvalue weighted by atomic mass is 10.1. The van der Waals surface area contributed by atoms with E-state index in [4.69, 9.17) is 10.5 Å². The molecule has 0 heterocycles. The van der Waals surface area contributed by atoms with E-state index in [1.54, 1.807) is 0 Å². The summed E-state index contributed by atoms with van der Waals surface area (Å²) < 4.78 is 5.80. The van der Waals surface area contributed by atoms with Crippen LogP contribution in [0.15, 0.2) is 66.7 Å². The molecule has 0 aliphatic carbocycles. The monoisotopic (exact) mass is 249 g/mol. The smallest absolute Gasteiger partial charge is 0.120 e. The van der Waals surface area contributed by atoms with Gasteiger partial charge in [-0.1, -0.05) is 48.5 Å². The topological polar surface area (TPSA) is 35.2 Å². The molecule has 0 amide bonds. The minimum absolute atomic E-state index is 0.569. The van der Waals surface area contributed by atoms with E-state index in [0.717, 1.165) is 27.8 Å². The van der Waals surface area contributed by atoms with Gasteiger partial charge in [-0.3, -0.25) is 0 Å². The van der Waals surface area contributed by atoms with Gasteiger partial charge in [0.05, 0.1) is 0 Å². The van der Waals surface area contributed by atoms with E-state index >= 15 is 0 Å². The Morgan fingerprint density at radius 3 is 2.53 bits per heavy atom. The lowest BCUT2D eigenvalue weighted by Gasteiger charge is -2.08. The van der Waals surface area contributed by atoms with E-state index < -0.39 is 0 Å². The standard InChI is InChI=1S/C17H15NO/c18-17-8-4-7-14-9-10-15(11-16(14)17)19-12-13-5-2-1-3-6-13/h1-11H,12,18H2. The average Bonchev–Trinajstić information content (AvgIpc) is 2.47. The maximum absolute atomic E-state index is 5.98. The molecule has 0 bridgehead atoms. The van der Waals surface area contributed by atoms with Crippen LogP contribution in [0.4, 0.5) is 5.69 Å². The molecule has 2 heteroatoms. The second-order valence-electron chi connectivity index (χ2n) is 4.50. The average molecular weight is 249 g/mol. The third kappa shape index (κ3) is 2.52. The highest BCUT2D eigenvalue weighted by Gasteiger charge is 2.01. The second kappa shape index (κ2) is 5.02. The van der Waals surface area contributed by atoms with Crippen LogP contribution in [0.25, 0.3) is 10.8 Å². The number of ether oxygens (including phenoxy) is 1. The molecule has 0 aromatic heterocycles. The molecule has 3 aromatic carbocycles. The molecule has 2 N–H and O–H groups in total. The van der Waals surface area contributed by atoms with Gasteiger partial charge in [0, 0.05) is 11.1 Å². The number of nitrogen functional groups attached to an aromatic ring is 1. The first-order chi connectivity index (χ1) is 9.33. The summed E-state index contributed by atoms with van der Waals surface area (Å²) in [5.74, 6) is 0.842. The first kappa shape index (κ1) is 11.6. The molecule has 0 saturated heterocycles. The highest BCUT2D eigenvalue weighted by molar-refractivity contribution is 5.93. The summed E-state index contributed by atoms with van der Waals surface area (Å²) in [5, 5.41) is 2.17. The van der Waals surface area contributed by atoms with Crippen molar-refractivity contribution in [2.45, 2.75) is 6.61 Å². The first-order valence-corrected chi connectivity index (χ1v) is 6.28. The molecule has 3 rings (SSSR count). The Labute approximate surface area is 112 Å². The zero-order chi connectivity index (χ0) is 13.1. The molecular formula is C17H15NO. The minimum atomic E-state index is 0.569. The van der Waals surface area contributed by atoms with Gasteiger partial charge < -0.3 is 10.5 Å². The zero-order valence-corrected chi connectivity index (χ0v) is 10.5. The predicted molar refractivity (Wildman–Crippen MR) is 79.1 cm³/mol. The fourth-order valence-corrected chi connectivity index (χ4v) is 2.11. The predicted octanol–water partition coefficient (Wildman–Crippen LogP) is 4.00. The molecule has 0 atom stereocenters.